The van der Waals surface area contributed by atoms with Crippen LogP contribution in [-0.4, -0.2) is 29.9 Å². The van der Waals surface area contributed by atoms with Crippen molar-refractivity contribution in [3.05, 3.63) is 22.9 Å². The van der Waals surface area contributed by atoms with Crippen molar-refractivity contribution in [3.8, 4) is 0 Å². The summed E-state index contributed by atoms with van der Waals surface area (Å²) in [4.78, 5) is 30.1. The second kappa shape index (κ2) is 4.08. The molecule has 2 aliphatic heterocycles. The zero-order valence-corrected chi connectivity index (χ0v) is 10.3. The lowest BCUT2D eigenvalue weighted by Crippen LogP contribution is -2.32. The summed E-state index contributed by atoms with van der Waals surface area (Å²) in [5.74, 6) is 0.0508. The fourth-order valence-electron chi connectivity index (χ4n) is 2.63. The van der Waals surface area contributed by atoms with Crippen molar-refractivity contribution in [2.45, 2.75) is 26.2 Å². The first-order valence-electron chi connectivity index (χ1n) is 6.29. The third-order valence-electron chi connectivity index (χ3n) is 3.48. The third kappa shape index (κ3) is 1.66. The maximum absolute atomic E-state index is 11.9. The molecular weight excluding hydrogens is 230 g/mol. The number of imide groups is 1. The normalized spacial score (nSPS) is 18.8. The van der Waals surface area contributed by atoms with Crippen LogP contribution in [0.4, 0.5) is 5.82 Å². The molecule has 0 unspecified atom stereocenters. The van der Waals surface area contributed by atoms with Gasteiger partial charge in [0.2, 0.25) is 0 Å². The number of hydrogen-bond acceptors (Lipinski definition) is 4. The first kappa shape index (κ1) is 11.2. The van der Waals surface area contributed by atoms with E-state index in [1.807, 2.05) is 6.92 Å². The molecule has 0 aromatic carbocycles. The molecule has 2 amide bonds. The van der Waals surface area contributed by atoms with E-state index in [0.29, 0.717) is 16.9 Å². The molecule has 94 valence electrons. The van der Waals surface area contributed by atoms with Gasteiger partial charge in [0, 0.05) is 18.8 Å². The molecule has 0 aliphatic carbocycles. The molecule has 0 bridgehead atoms. The van der Waals surface area contributed by atoms with Crippen LogP contribution in [0.1, 0.15) is 45.7 Å². The van der Waals surface area contributed by atoms with Crippen LogP contribution in [-0.2, 0) is 0 Å². The van der Waals surface area contributed by atoms with E-state index in [0.717, 1.165) is 31.6 Å². The molecule has 3 heterocycles. The fraction of sp³-hybridized carbons (Fsp3) is 0.462. The Hall–Kier alpha value is -1.91. The zero-order chi connectivity index (χ0) is 12.7. The van der Waals surface area contributed by atoms with E-state index in [2.05, 4.69) is 15.2 Å². The number of anilines is 1. The summed E-state index contributed by atoms with van der Waals surface area (Å²) in [6, 6.07) is 1.68. The molecule has 5 heteroatoms. The summed E-state index contributed by atoms with van der Waals surface area (Å²) in [5.41, 5.74) is 1.69. The third-order valence-corrected chi connectivity index (χ3v) is 3.48. The second-order valence-corrected chi connectivity index (χ2v) is 4.84. The van der Waals surface area contributed by atoms with Gasteiger partial charge in [0.15, 0.2) is 0 Å². The summed E-state index contributed by atoms with van der Waals surface area (Å²) in [6.07, 6.45) is 3.44. The molecule has 1 aromatic heterocycles. The van der Waals surface area contributed by atoms with Crippen molar-refractivity contribution >= 4 is 17.6 Å². The monoisotopic (exact) mass is 245 g/mol. The van der Waals surface area contributed by atoms with Gasteiger partial charge in [0.1, 0.15) is 5.82 Å². The molecule has 0 atom stereocenters. The van der Waals surface area contributed by atoms with Crippen LogP contribution in [0.25, 0.3) is 0 Å². The van der Waals surface area contributed by atoms with E-state index in [1.165, 1.54) is 6.42 Å². The van der Waals surface area contributed by atoms with Gasteiger partial charge in [-0.2, -0.15) is 0 Å². The molecule has 1 fully saturated rings. The number of nitrogens with one attached hydrogen (secondary N) is 1. The molecule has 18 heavy (non-hydrogen) atoms. The smallest absolute Gasteiger partial charge is 0.262 e. The van der Waals surface area contributed by atoms with Gasteiger partial charge in [0.05, 0.1) is 11.1 Å². The van der Waals surface area contributed by atoms with E-state index in [9.17, 15) is 9.59 Å². The molecule has 0 spiro atoms. The second-order valence-electron chi connectivity index (χ2n) is 4.84. The number of fused-ring (bicyclic) bond motifs is 1. The highest BCUT2D eigenvalue weighted by molar-refractivity contribution is 6.23. The molecule has 1 aromatic rings. The number of pyridine rings is 1. The predicted octanol–water partition coefficient (Wildman–Crippen LogP) is 1.26. The van der Waals surface area contributed by atoms with Crippen LogP contribution in [0.15, 0.2) is 6.07 Å². The first-order valence-corrected chi connectivity index (χ1v) is 6.29. The van der Waals surface area contributed by atoms with Gasteiger partial charge in [-0.3, -0.25) is 14.9 Å². The number of rotatable bonds is 1. The number of aryl methyl sites for hydroxylation is 1. The number of carbonyl (C=O) groups excluding carboxylic acids is 2. The fourth-order valence-corrected chi connectivity index (χ4v) is 2.63. The SMILES string of the molecule is Cc1cc2c(c(N3CCCCC3)n1)C(=O)NC2=O. The van der Waals surface area contributed by atoms with E-state index < -0.39 is 0 Å². The Morgan fingerprint density at radius 3 is 2.61 bits per heavy atom. The summed E-state index contributed by atoms with van der Waals surface area (Å²) < 4.78 is 0. The predicted molar refractivity (Wildman–Crippen MR) is 66.8 cm³/mol. The van der Waals surface area contributed by atoms with Gasteiger partial charge in [-0.05, 0) is 32.3 Å². The van der Waals surface area contributed by atoms with Crippen molar-refractivity contribution in [3.63, 3.8) is 0 Å². The maximum Gasteiger partial charge on any atom is 0.262 e. The maximum atomic E-state index is 11.9. The average Bonchev–Trinajstić information content (AvgIpc) is 2.65. The number of carbonyl (C=O) groups is 2. The molecule has 0 saturated carbocycles. The van der Waals surface area contributed by atoms with E-state index in [-0.39, 0.29) is 11.8 Å². The summed E-state index contributed by atoms with van der Waals surface area (Å²) >= 11 is 0. The largest absolute Gasteiger partial charge is 0.356 e. The lowest BCUT2D eigenvalue weighted by Gasteiger charge is -2.29. The van der Waals surface area contributed by atoms with Crippen LogP contribution >= 0.6 is 0 Å². The molecule has 1 N–H and O–H groups in total. The molecule has 2 aliphatic rings. The lowest BCUT2D eigenvalue weighted by atomic mass is 10.1. The number of amides is 2. The summed E-state index contributed by atoms with van der Waals surface area (Å²) in [6.45, 7) is 3.67. The van der Waals surface area contributed by atoms with Gasteiger partial charge in [-0.1, -0.05) is 0 Å². The van der Waals surface area contributed by atoms with Crippen LogP contribution < -0.4 is 10.2 Å². The molecule has 5 nitrogen and oxygen atoms in total. The molecule has 0 radical (unpaired) electrons. The Morgan fingerprint density at radius 2 is 1.89 bits per heavy atom. The summed E-state index contributed by atoms with van der Waals surface area (Å²) in [7, 11) is 0. The van der Waals surface area contributed by atoms with Crippen LogP contribution in [0, 0.1) is 6.92 Å². The van der Waals surface area contributed by atoms with Crippen molar-refractivity contribution in [2.75, 3.05) is 18.0 Å². The van der Waals surface area contributed by atoms with Gasteiger partial charge in [0.25, 0.3) is 11.8 Å². The van der Waals surface area contributed by atoms with Crippen LogP contribution in [0.2, 0.25) is 0 Å². The van der Waals surface area contributed by atoms with Crippen molar-refractivity contribution in [2.24, 2.45) is 0 Å². The number of aromatic nitrogens is 1. The van der Waals surface area contributed by atoms with Crippen molar-refractivity contribution in [1.82, 2.24) is 10.3 Å². The van der Waals surface area contributed by atoms with Gasteiger partial charge < -0.3 is 4.90 Å². The Balaban J connectivity index is 2.11. The Labute approximate surface area is 105 Å². The number of nitrogens with zero attached hydrogens (tertiary/aromatic N) is 2. The number of hydrogen-bond donors (Lipinski definition) is 1. The van der Waals surface area contributed by atoms with Crippen LogP contribution in [0.3, 0.4) is 0 Å². The topological polar surface area (TPSA) is 62.3 Å². The Bertz CT molecular complexity index is 533. The standard InChI is InChI=1S/C13H15N3O2/c1-8-7-9-10(13(18)15-12(9)17)11(14-8)16-5-3-2-4-6-16/h7H,2-6H2,1H3,(H,15,17,18). The molecule has 3 rings (SSSR count). The van der Waals surface area contributed by atoms with Crippen LogP contribution in [0.5, 0.6) is 0 Å². The van der Waals surface area contributed by atoms with Gasteiger partial charge in [-0.25, -0.2) is 4.98 Å². The number of piperidine rings is 1. The van der Waals surface area contributed by atoms with Crippen molar-refractivity contribution in [1.29, 1.82) is 0 Å². The van der Waals surface area contributed by atoms with Gasteiger partial charge >= 0.3 is 0 Å². The highest BCUT2D eigenvalue weighted by Crippen LogP contribution is 2.28. The van der Waals surface area contributed by atoms with E-state index >= 15 is 0 Å². The van der Waals surface area contributed by atoms with Gasteiger partial charge in [-0.15, -0.1) is 0 Å². The molecule has 1 saturated heterocycles. The average molecular weight is 245 g/mol. The van der Waals surface area contributed by atoms with E-state index in [1.54, 1.807) is 6.07 Å². The minimum Gasteiger partial charge on any atom is -0.356 e. The quantitative estimate of drug-likeness (QED) is 0.757. The molecular formula is C13H15N3O2. The summed E-state index contributed by atoms with van der Waals surface area (Å²) in [5, 5.41) is 2.34. The van der Waals surface area contributed by atoms with E-state index in [4.69, 9.17) is 0 Å². The van der Waals surface area contributed by atoms with Crippen molar-refractivity contribution < 1.29 is 9.59 Å². The Morgan fingerprint density at radius 1 is 1.17 bits per heavy atom. The highest BCUT2D eigenvalue weighted by Gasteiger charge is 2.33. The highest BCUT2D eigenvalue weighted by atomic mass is 16.2. The first-order chi connectivity index (χ1) is 8.66. The lowest BCUT2D eigenvalue weighted by molar-refractivity contribution is 0.0880. The minimum absolute atomic E-state index is 0.307. The zero-order valence-electron chi connectivity index (χ0n) is 10.3. The Kier molecular flexibility index (Phi) is 2.54. The minimum atomic E-state index is -0.317.